The fourth-order valence-electron chi connectivity index (χ4n) is 2.05. The van der Waals surface area contributed by atoms with E-state index >= 15 is 0 Å². The highest BCUT2D eigenvalue weighted by Crippen LogP contribution is 2.12. The van der Waals surface area contributed by atoms with Gasteiger partial charge in [-0.05, 0) is 58.5 Å². The molecule has 0 unspecified atom stereocenters. The van der Waals surface area contributed by atoms with E-state index in [2.05, 4.69) is 27.6 Å². The number of imidazole rings is 1. The molecular weight excluding hydrogens is 387 g/mol. The van der Waals surface area contributed by atoms with Crippen LogP contribution in [0, 0.1) is 3.57 Å². The molecule has 3 rings (SSSR count). The number of benzene rings is 2. The molecule has 108 valence electrons. The predicted octanol–water partition coefficient (Wildman–Crippen LogP) is 4.37. The van der Waals surface area contributed by atoms with Gasteiger partial charge in [0.05, 0.1) is 6.33 Å². The number of carbonyl (C=O) groups excluding carboxylic acids is 1. The van der Waals surface area contributed by atoms with Crippen LogP contribution in [0.4, 0.5) is 0 Å². The number of hydrogen-bond acceptors (Lipinski definition) is 2. The van der Waals surface area contributed by atoms with E-state index in [9.17, 15) is 4.79 Å². The van der Waals surface area contributed by atoms with Crippen LogP contribution in [-0.2, 0) is 0 Å². The van der Waals surface area contributed by atoms with Crippen molar-refractivity contribution in [1.82, 2.24) is 9.55 Å². The highest BCUT2D eigenvalue weighted by atomic mass is 127. The van der Waals surface area contributed by atoms with Crippen molar-refractivity contribution in [3.63, 3.8) is 0 Å². The summed E-state index contributed by atoms with van der Waals surface area (Å²) in [7, 11) is 0. The van der Waals surface area contributed by atoms with Crippen molar-refractivity contribution in [3.8, 4) is 5.69 Å². The average Bonchev–Trinajstić information content (AvgIpc) is 3.08. The third-order valence-corrected chi connectivity index (χ3v) is 3.97. The highest BCUT2D eigenvalue weighted by Gasteiger charge is 2.01. The van der Waals surface area contributed by atoms with Gasteiger partial charge in [-0.15, -0.1) is 0 Å². The van der Waals surface area contributed by atoms with Crippen LogP contribution in [0.1, 0.15) is 15.9 Å². The van der Waals surface area contributed by atoms with Gasteiger partial charge in [0, 0.05) is 27.2 Å². The molecule has 1 aromatic heterocycles. The number of ketones is 1. The number of rotatable bonds is 4. The molecule has 4 heteroatoms. The molecular formula is C18H13IN2O. The van der Waals surface area contributed by atoms with Gasteiger partial charge in [-0.25, -0.2) is 4.98 Å². The summed E-state index contributed by atoms with van der Waals surface area (Å²) in [5.41, 5.74) is 2.73. The van der Waals surface area contributed by atoms with E-state index in [-0.39, 0.29) is 5.78 Å². The van der Waals surface area contributed by atoms with E-state index in [4.69, 9.17) is 0 Å². The quantitative estimate of drug-likeness (QED) is 0.370. The first-order chi connectivity index (χ1) is 10.7. The number of hydrogen-bond donors (Lipinski definition) is 0. The second kappa shape index (κ2) is 6.70. The molecule has 0 aliphatic carbocycles. The Balaban J connectivity index is 1.72. The number of halogens is 1. The molecule has 0 spiro atoms. The zero-order valence-corrected chi connectivity index (χ0v) is 13.8. The van der Waals surface area contributed by atoms with Crippen molar-refractivity contribution in [1.29, 1.82) is 0 Å². The lowest BCUT2D eigenvalue weighted by molar-refractivity contribution is 0.104. The zero-order valence-electron chi connectivity index (χ0n) is 11.7. The van der Waals surface area contributed by atoms with Crippen LogP contribution in [0.3, 0.4) is 0 Å². The minimum absolute atomic E-state index is 0.00934. The Labute approximate surface area is 142 Å². The molecule has 0 bridgehead atoms. The molecule has 3 nitrogen and oxygen atoms in total. The maximum absolute atomic E-state index is 12.1. The summed E-state index contributed by atoms with van der Waals surface area (Å²) in [5, 5.41) is 0. The minimum Gasteiger partial charge on any atom is -0.306 e. The summed E-state index contributed by atoms with van der Waals surface area (Å²) >= 11 is 2.22. The van der Waals surface area contributed by atoms with Crippen molar-refractivity contribution in [2.75, 3.05) is 0 Å². The van der Waals surface area contributed by atoms with Crippen molar-refractivity contribution < 1.29 is 4.79 Å². The van der Waals surface area contributed by atoms with Crippen LogP contribution < -0.4 is 0 Å². The van der Waals surface area contributed by atoms with Crippen molar-refractivity contribution in [2.45, 2.75) is 0 Å². The van der Waals surface area contributed by atoms with E-state index in [1.165, 1.54) is 0 Å². The molecule has 0 saturated carbocycles. The van der Waals surface area contributed by atoms with E-state index in [0.29, 0.717) is 5.56 Å². The van der Waals surface area contributed by atoms with Gasteiger partial charge in [0.25, 0.3) is 0 Å². The van der Waals surface area contributed by atoms with Crippen molar-refractivity contribution >= 4 is 34.5 Å². The Morgan fingerprint density at radius 1 is 1.05 bits per heavy atom. The van der Waals surface area contributed by atoms with E-state index in [1.54, 1.807) is 18.6 Å². The van der Waals surface area contributed by atoms with Gasteiger partial charge in [0.2, 0.25) is 0 Å². The van der Waals surface area contributed by atoms with Crippen LogP contribution in [0.2, 0.25) is 0 Å². The smallest absolute Gasteiger partial charge is 0.185 e. The van der Waals surface area contributed by atoms with Crippen LogP contribution in [0.5, 0.6) is 0 Å². The van der Waals surface area contributed by atoms with Gasteiger partial charge < -0.3 is 4.57 Å². The molecule has 0 aliphatic heterocycles. The van der Waals surface area contributed by atoms with Gasteiger partial charge in [-0.1, -0.05) is 30.3 Å². The molecule has 22 heavy (non-hydrogen) atoms. The minimum atomic E-state index is 0.00934. The second-order valence-electron chi connectivity index (χ2n) is 4.77. The average molecular weight is 400 g/mol. The lowest BCUT2D eigenvalue weighted by atomic mass is 10.1. The SMILES string of the molecule is O=C(C=Cc1ccc(-n2ccnc2)cc1)c1ccc(I)cc1. The number of nitrogens with zero attached hydrogens (tertiary/aromatic N) is 2. The van der Waals surface area contributed by atoms with Crippen molar-refractivity contribution in [3.05, 3.63) is 88.0 Å². The molecule has 0 N–H and O–H groups in total. The molecule has 0 saturated heterocycles. The molecule has 3 aromatic rings. The third kappa shape index (κ3) is 3.51. The van der Waals surface area contributed by atoms with Gasteiger partial charge in [-0.2, -0.15) is 0 Å². The van der Waals surface area contributed by atoms with Crippen molar-refractivity contribution in [2.24, 2.45) is 0 Å². The van der Waals surface area contributed by atoms with Crippen LogP contribution in [-0.4, -0.2) is 15.3 Å². The molecule has 0 aliphatic rings. The Bertz CT molecular complexity index is 788. The van der Waals surface area contributed by atoms with Crippen LogP contribution >= 0.6 is 22.6 Å². The van der Waals surface area contributed by atoms with Crippen LogP contribution in [0.15, 0.2) is 73.3 Å². The van der Waals surface area contributed by atoms with E-state index in [1.807, 2.05) is 65.4 Å². The second-order valence-corrected chi connectivity index (χ2v) is 6.01. The summed E-state index contributed by atoms with van der Waals surface area (Å²) in [6, 6.07) is 15.5. The standard InChI is InChI=1S/C18H13IN2O/c19-16-6-4-15(5-7-16)18(22)10-3-14-1-8-17(9-2-14)21-12-11-20-13-21/h1-13H. The topological polar surface area (TPSA) is 34.9 Å². The zero-order chi connectivity index (χ0) is 15.4. The first-order valence-electron chi connectivity index (χ1n) is 6.79. The van der Waals surface area contributed by atoms with Gasteiger partial charge in [-0.3, -0.25) is 4.79 Å². The summed E-state index contributed by atoms with van der Waals surface area (Å²) < 4.78 is 3.05. The lowest BCUT2D eigenvalue weighted by Crippen LogP contribution is -1.93. The Morgan fingerprint density at radius 2 is 1.77 bits per heavy atom. The summed E-state index contributed by atoms with van der Waals surface area (Å²) in [5.74, 6) is 0.00934. The highest BCUT2D eigenvalue weighted by molar-refractivity contribution is 14.1. The van der Waals surface area contributed by atoms with E-state index < -0.39 is 0 Å². The van der Waals surface area contributed by atoms with Crippen LogP contribution in [0.25, 0.3) is 11.8 Å². The molecule has 0 radical (unpaired) electrons. The van der Waals surface area contributed by atoms with Gasteiger partial charge in [0.1, 0.15) is 0 Å². The Hall–Kier alpha value is -2.21. The first-order valence-corrected chi connectivity index (χ1v) is 7.87. The van der Waals surface area contributed by atoms with E-state index in [0.717, 1.165) is 14.8 Å². The molecule has 0 amide bonds. The summed E-state index contributed by atoms with van der Waals surface area (Å²) in [6.45, 7) is 0. The monoisotopic (exact) mass is 400 g/mol. The molecule has 2 aromatic carbocycles. The molecule has 0 fully saturated rings. The van der Waals surface area contributed by atoms with Gasteiger partial charge in [0.15, 0.2) is 5.78 Å². The number of aromatic nitrogens is 2. The predicted molar refractivity (Wildman–Crippen MR) is 96.1 cm³/mol. The third-order valence-electron chi connectivity index (χ3n) is 3.25. The maximum Gasteiger partial charge on any atom is 0.185 e. The fraction of sp³-hybridized carbons (Fsp3) is 0. The first kappa shape index (κ1) is 14.7. The fourth-order valence-corrected chi connectivity index (χ4v) is 2.41. The largest absolute Gasteiger partial charge is 0.306 e. The summed E-state index contributed by atoms with van der Waals surface area (Å²) in [4.78, 5) is 16.1. The van der Waals surface area contributed by atoms with Gasteiger partial charge >= 0.3 is 0 Å². The lowest BCUT2D eigenvalue weighted by Gasteiger charge is -2.02. The molecule has 1 heterocycles. The normalized spacial score (nSPS) is 11.0. The maximum atomic E-state index is 12.1. The number of carbonyl (C=O) groups is 1. The molecule has 0 atom stereocenters. The summed E-state index contributed by atoms with van der Waals surface area (Å²) in [6.07, 6.45) is 8.83. The number of allylic oxidation sites excluding steroid dienone is 1. The Morgan fingerprint density at radius 3 is 2.41 bits per heavy atom. The Kier molecular flexibility index (Phi) is 4.48.